The topological polar surface area (TPSA) is 35.5 Å². The number of benzene rings is 4. The molecule has 0 fully saturated rings. The van der Waals surface area contributed by atoms with Crippen LogP contribution in [0.3, 0.4) is 0 Å². The van der Waals surface area contributed by atoms with Crippen LogP contribution in [0.1, 0.15) is 19.4 Å². The Morgan fingerprint density at radius 2 is 1.24 bits per heavy atom. The van der Waals surface area contributed by atoms with Gasteiger partial charge in [0.2, 0.25) is 0 Å². The Kier molecular flexibility index (Phi) is 7.88. The zero-order valence-electron chi connectivity index (χ0n) is 20.0. The molecule has 4 aromatic carbocycles. The molecule has 0 amide bonds. The van der Waals surface area contributed by atoms with E-state index in [1.807, 2.05) is 30.3 Å². The van der Waals surface area contributed by atoms with Crippen LogP contribution in [0.5, 0.6) is 5.75 Å². The first-order chi connectivity index (χ1) is 17.6. The molecule has 0 bridgehead atoms. The molecule has 0 saturated heterocycles. The lowest BCUT2D eigenvalue weighted by Crippen LogP contribution is -2.28. The molecule has 0 N–H and O–H groups in total. The average molecular weight is 528 g/mol. The van der Waals surface area contributed by atoms with E-state index in [2.05, 4.69) is 0 Å². The van der Waals surface area contributed by atoms with Gasteiger partial charge in [-0.05, 0) is 67.9 Å². The van der Waals surface area contributed by atoms with Crippen molar-refractivity contribution in [2.75, 3.05) is 6.61 Å². The van der Waals surface area contributed by atoms with Crippen LogP contribution in [0.25, 0.3) is 0 Å². The molecule has 0 spiro atoms. The van der Waals surface area contributed by atoms with E-state index in [9.17, 15) is 13.6 Å². The van der Waals surface area contributed by atoms with E-state index in [0.29, 0.717) is 15.4 Å². The lowest BCUT2D eigenvalue weighted by atomic mass is 9.98. The number of halogens is 4. The lowest BCUT2D eigenvalue weighted by molar-refractivity contribution is -0.160. The van der Waals surface area contributed by atoms with Crippen LogP contribution < -0.4 is 4.74 Å². The van der Waals surface area contributed by atoms with Crippen molar-refractivity contribution in [1.82, 2.24) is 0 Å². The van der Waals surface area contributed by atoms with Gasteiger partial charge in [-0.1, -0.05) is 30.3 Å². The van der Waals surface area contributed by atoms with Gasteiger partial charge in [-0.25, -0.2) is 22.4 Å². The zero-order chi connectivity index (χ0) is 26.6. The van der Waals surface area contributed by atoms with Gasteiger partial charge in [-0.15, -0.1) is 0 Å². The highest BCUT2D eigenvalue weighted by atomic mass is 32.2. The third-order valence-corrected chi connectivity index (χ3v) is 7.67. The van der Waals surface area contributed by atoms with Crippen molar-refractivity contribution in [1.29, 1.82) is 0 Å². The van der Waals surface area contributed by atoms with E-state index in [1.165, 1.54) is 36.4 Å². The molecular weight excluding hydrogens is 504 g/mol. The monoisotopic (exact) mass is 527 g/mol. The molecule has 37 heavy (non-hydrogen) atoms. The van der Waals surface area contributed by atoms with Gasteiger partial charge in [0.15, 0.2) is 38.7 Å². The number of hydrogen-bond acceptors (Lipinski definition) is 3. The minimum absolute atomic E-state index is 0.320. The van der Waals surface area contributed by atoms with Crippen molar-refractivity contribution < 1.29 is 31.8 Å². The summed E-state index contributed by atoms with van der Waals surface area (Å²) in [6.07, 6.45) is 0. The summed E-state index contributed by atoms with van der Waals surface area (Å²) in [6.45, 7) is 2.47. The largest absolute Gasteiger partial charge is 0.476 e. The third-order valence-electron chi connectivity index (χ3n) is 5.48. The fourth-order valence-electron chi connectivity index (χ4n) is 3.68. The summed E-state index contributed by atoms with van der Waals surface area (Å²) < 4.78 is 67.4. The summed E-state index contributed by atoms with van der Waals surface area (Å²) in [5, 5.41) is 0. The number of carbonyl (C=O) groups excluding carboxylic acids is 1. The Labute approximate surface area is 215 Å². The summed E-state index contributed by atoms with van der Waals surface area (Å²) in [7, 11) is -0.921. The molecular formula is C29H23F4O3S+. The molecule has 4 rings (SSSR count). The summed E-state index contributed by atoms with van der Waals surface area (Å²) in [5.41, 5.74) is -0.577. The number of esters is 1. The standard InChI is InChI=1S/C29H23F4O3S/c1-29(2,19-8-10-20(30)11-9-19)36-27(34)18-35-28-25(32)16-24(17-26(28)33)37(22-6-4-3-5-7-22)23-14-12-21(31)13-15-23/h3-17H,18H2,1-2H3/q+1. The minimum Gasteiger partial charge on any atom is -0.476 e. The van der Waals surface area contributed by atoms with Crippen LogP contribution in [0.2, 0.25) is 0 Å². The normalized spacial score (nSPS) is 12.2. The van der Waals surface area contributed by atoms with Gasteiger partial charge in [0.05, 0.1) is 10.9 Å². The van der Waals surface area contributed by atoms with Crippen LogP contribution >= 0.6 is 0 Å². The van der Waals surface area contributed by atoms with Crippen molar-refractivity contribution in [2.24, 2.45) is 0 Å². The Bertz CT molecular complexity index is 1350. The fraction of sp³-hybridized carbons (Fsp3) is 0.138. The molecule has 0 saturated carbocycles. The highest BCUT2D eigenvalue weighted by Gasteiger charge is 2.32. The number of ether oxygens (including phenoxy) is 2. The van der Waals surface area contributed by atoms with Crippen molar-refractivity contribution in [3.8, 4) is 5.75 Å². The summed E-state index contributed by atoms with van der Waals surface area (Å²) in [4.78, 5) is 14.1. The second kappa shape index (κ2) is 11.1. The molecule has 1 unspecified atom stereocenters. The molecule has 0 heterocycles. The van der Waals surface area contributed by atoms with Gasteiger partial charge in [-0.3, -0.25) is 0 Å². The Morgan fingerprint density at radius 1 is 0.730 bits per heavy atom. The highest BCUT2D eigenvalue weighted by molar-refractivity contribution is 7.97. The van der Waals surface area contributed by atoms with Crippen LogP contribution in [0.15, 0.2) is 106 Å². The van der Waals surface area contributed by atoms with E-state index in [0.717, 1.165) is 17.0 Å². The van der Waals surface area contributed by atoms with E-state index in [-0.39, 0.29) is 0 Å². The molecule has 0 aliphatic carbocycles. The highest BCUT2D eigenvalue weighted by Crippen LogP contribution is 2.35. The first-order valence-corrected chi connectivity index (χ1v) is 12.5. The lowest BCUT2D eigenvalue weighted by Gasteiger charge is -2.25. The van der Waals surface area contributed by atoms with Crippen LogP contribution in [-0.2, 0) is 26.0 Å². The van der Waals surface area contributed by atoms with E-state index < -0.39 is 58.1 Å². The predicted octanol–water partition coefficient (Wildman–Crippen LogP) is 7.20. The second-order valence-corrected chi connectivity index (χ2v) is 10.6. The van der Waals surface area contributed by atoms with E-state index in [1.54, 1.807) is 26.0 Å². The van der Waals surface area contributed by atoms with Gasteiger partial charge in [0.25, 0.3) is 0 Å². The first-order valence-electron chi connectivity index (χ1n) is 11.3. The van der Waals surface area contributed by atoms with E-state index >= 15 is 8.78 Å². The van der Waals surface area contributed by atoms with Crippen LogP contribution in [0, 0.1) is 23.3 Å². The third kappa shape index (κ3) is 6.32. The van der Waals surface area contributed by atoms with Gasteiger partial charge >= 0.3 is 5.97 Å². The van der Waals surface area contributed by atoms with Crippen molar-refractivity contribution in [3.63, 3.8) is 0 Å². The molecule has 1 atom stereocenters. The van der Waals surface area contributed by atoms with Gasteiger partial charge < -0.3 is 9.47 Å². The van der Waals surface area contributed by atoms with Crippen LogP contribution in [0.4, 0.5) is 17.6 Å². The van der Waals surface area contributed by atoms with Crippen molar-refractivity contribution in [2.45, 2.75) is 34.1 Å². The smallest absolute Gasteiger partial charge is 0.345 e. The predicted molar refractivity (Wildman–Crippen MR) is 132 cm³/mol. The van der Waals surface area contributed by atoms with Crippen molar-refractivity contribution >= 4 is 16.9 Å². The quantitative estimate of drug-likeness (QED) is 0.138. The minimum atomic E-state index is -1.12. The first kappa shape index (κ1) is 26.3. The maximum atomic E-state index is 15.0. The number of carbonyl (C=O) groups is 1. The molecule has 3 nitrogen and oxygen atoms in total. The molecule has 0 radical (unpaired) electrons. The van der Waals surface area contributed by atoms with Crippen molar-refractivity contribution in [3.05, 3.63) is 120 Å². The van der Waals surface area contributed by atoms with Gasteiger partial charge in [0, 0.05) is 12.1 Å². The summed E-state index contributed by atoms with van der Waals surface area (Å²) in [5.74, 6) is -4.40. The summed E-state index contributed by atoms with van der Waals surface area (Å²) >= 11 is 0. The molecule has 8 heteroatoms. The maximum absolute atomic E-state index is 15.0. The Hall–Kier alpha value is -3.78. The van der Waals surface area contributed by atoms with Gasteiger partial charge in [-0.2, -0.15) is 0 Å². The molecule has 0 aromatic heterocycles. The molecule has 190 valence electrons. The summed E-state index contributed by atoms with van der Waals surface area (Å²) in [6, 6.07) is 22.5. The Balaban J connectivity index is 1.54. The fourth-order valence-corrected chi connectivity index (χ4v) is 5.78. The van der Waals surface area contributed by atoms with Crippen LogP contribution in [-0.4, -0.2) is 12.6 Å². The van der Waals surface area contributed by atoms with Gasteiger partial charge in [0.1, 0.15) is 17.2 Å². The van der Waals surface area contributed by atoms with E-state index in [4.69, 9.17) is 9.47 Å². The molecule has 0 aliphatic heterocycles. The maximum Gasteiger partial charge on any atom is 0.345 e. The zero-order valence-corrected chi connectivity index (χ0v) is 20.8. The number of hydrogen-bond donors (Lipinski definition) is 0. The Morgan fingerprint density at radius 3 is 1.81 bits per heavy atom. The number of rotatable bonds is 8. The second-order valence-electron chi connectivity index (χ2n) is 8.57. The molecule has 0 aliphatic rings. The average Bonchev–Trinajstić information content (AvgIpc) is 2.85. The SMILES string of the molecule is CC(C)(OC(=O)COc1c(F)cc([S+](c2ccccc2)c2ccc(F)cc2)cc1F)c1ccc(F)cc1. The molecule has 4 aromatic rings.